The Kier molecular flexibility index (Phi) is 5.70. The van der Waals surface area contributed by atoms with Gasteiger partial charge >= 0.3 is 0 Å². The predicted molar refractivity (Wildman–Crippen MR) is 83.1 cm³/mol. The molecule has 0 amide bonds. The van der Waals surface area contributed by atoms with Crippen molar-refractivity contribution in [3.8, 4) is 5.75 Å². The lowest BCUT2D eigenvalue weighted by atomic mass is 10.3. The van der Waals surface area contributed by atoms with Gasteiger partial charge in [-0.1, -0.05) is 29.3 Å². The van der Waals surface area contributed by atoms with E-state index in [2.05, 4.69) is 4.90 Å². The first-order chi connectivity index (χ1) is 9.88. The van der Waals surface area contributed by atoms with E-state index in [1.165, 1.54) is 4.31 Å². The maximum Gasteiger partial charge on any atom is 0.276 e. The second-order valence-electron chi connectivity index (χ2n) is 4.68. The van der Waals surface area contributed by atoms with E-state index in [4.69, 9.17) is 33.1 Å². The Labute approximate surface area is 134 Å². The standard InChI is InChI=1S/C12H17Cl2N3O3S/c13-10-2-1-3-11(14)12(10)20-9-8-16-4-6-17(7-5-16)21(15,18)19/h1-3H,4-9H2,(H2,15,18,19). The molecule has 0 atom stereocenters. The molecule has 9 heteroatoms. The first-order valence-electron chi connectivity index (χ1n) is 6.45. The fourth-order valence-corrected chi connectivity index (χ4v) is 3.28. The monoisotopic (exact) mass is 353 g/mol. The van der Waals surface area contributed by atoms with Crippen molar-refractivity contribution in [1.82, 2.24) is 9.21 Å². The lowest BCUT2D eigenvalue weighted by Gasteiger charge is -2.32. The van der Waals surface area contributed by atoms with Gasteiger partial charge < -0.3 is 4.74 Å². The third-order valence-corrected chi connectivity index (χ3v) is 4.94. The molecule has 6 nitrogen and oxygen atoms in total. The average molecular weight is 354 g/mol. The summed E-state index contributed by atoms with van der Waals surface area (Å²) in [7, 11) is -3.58. The Bertz CT molecular complexity index is 569. The maximum absolute atomic E-state index is 11.2. The zero-order valence-corrected chi connectivity index (χ0v) is 13.7. The van der Waals surface area contributed by atoms with Gasteiger partial charge in [-0.3, -0.25) is 4.90 Å². The van der Waals surface area contributed by atoms with Crippen LogP contribution in [0.1, 0.15) is 0 Å². The topological polar surface area (TPSA) is 75.9 Å². The minimum absolute atomic E-state index is 0.395. The van der Waals surface area contributed by atoms with Gasteiger partial charge in [-0.2, -0.15) is 12.7 Å². The van der Waals surface area contributed by atoms with Gasteiger partial charge in [0, 0.05) is 32.7 Å². The molecule has 1 saturated heterocycles. The maximum atomic E-state index is 11.2. The minimum atomic E-state index is -3.58. The van der Waals surface area contributed by atoms with Crippen molar-refractivity contribution in [2.75, 3.05) is 39.3 Å². The summed E-state index contributed by atoms with van der Waals surface area (Å²) in [6.07, 6.45) is 0. The van der Waals surface area contributed by atoms with Gasteiger partial charge in [0.05, 0.1) is 10.0 Å². The Morgan fingerprint density at radius 1 is 1.14 bits per heavy atom. The van der Waals surface area contributed by atoms with E-state index in [1.807, 2.05) is 0 Å². The summed E-state index contributed by atoms with van der Waals surface area (Å²) < 4.78 is 29.3. The summed E-state index contributed by atoms with van der Waals surface area (Å²) in [6, 6.07) is 5.19. The number of hydrogen-bond acceptors (Lipinski definition) is 4. The Balaban J connectivity index is 1.78. The molecule has 0 aliphatic carbocycles. The first-order valence-corrected chi connectivity index (χ1v) is 8.71. The lowest BCUT2D eigenvalue weighted by molar-refractivity contribution is 0.159. The summed E-state index contributed by atoms with van der Waals surface area (Å²) in [5.41, 5.74) is 0. The van der Waals surface area contributed by atoms with Gasteiger partial charge in [0.25, 0.3) is 10.2 Å². The van der Waals surface area contributed by atoms with Gasteiger partial charge in [-0.25, -0.2) is 5.14 Å². The molecule has 1 heterocycles. The van der Waals surface area contributed by atoms with E-state index >= 15 is 0 Å². The van der Waals surface area contributed by atoms with E-state index in [1.54, 1.807) is 18.2 Å². The smallest absolute Gasteiger partial charge is 0.276 e. The van der Waals surface area contributed by atoms with Crippen LogP contribution in [0.5, 0.6) is 5.75 Å². The van der Waals surface area contributed by atoms with Gasteiger partial charge in [0.1, 0.15) is 6.61 Å². The SMILES string of the molecule is NS(=O)(=O)N1CCN(CCOc2c(Cl)cccc2Cl)CC1. The van der Waals surface area contributed by atoms with Crippen molar-refractivity contribution in [2.24, 2.45) is 5.14 Å². The third kappa shape index (κ3) is 4.70. The average Bonchev–Trinajstić information content (AvgIpc) is 2.42. The van der Waals surface area contributed by atoms with Gasteiger partial charge in [0.15, 0.2) is 5.75 Å². The Hall–Kier alpha value is -0.570. The number of halogens is 2. The molecule has 1 aliphatic rings. The van der Waals surface area contributed by atoms with Crippen LogP contribution in [0.15, 0.2) is 18.2 Å². The zero-order valence-electron chi connectivity index (χ0n) is 11.3. The van der Waals surface area contributed by atoms with E-state index in [-0.39, 0.29) is 0 Å². The van der Waals surface area contributed by atoms with Crippen LogP contribution in [-0.2, 0) is 10.2 Å². The second-order valence-corrected chi connectivity index (χ2v) is 7.05. The molecular formula is C12H17Cl2N3O3S. The number of piperazine rings is 1. The van der Waals surface area contributed by atoms with Crippen molar-refractivity contribution < 1.29 is 13.2 Å². The summed E-state index contributed by atoms with van der Waals surface area (Å²) in [5, 5.41) is 6.04. The van der Waals surface area contributed by atoms with Crippen LogP contribution in [0.4, 0.5) is 0 Å². The molecule has 2 rings (SSSR count). The fraction of sp³-hybridized carbons (Fsp3) is 0.500. The summed E-state index contributed by atoms with van der Waals surface area (Å²) >= 11 is 12.0. The van der Waals surface area contributed by atoms with Crippen molar-refractivity contribution in [3.63, 3.8) is 0 Å². The molecular weight excluding hydrogens is 337 g/mol. The third-order valence-electron chi connectivity index (χ3n) is 3.26. The number of para-hydroxylation sites is 1. The van der Waals surface area contributed by atoms with Crippen LogP contribution in [0.25, 0.3) is 0 Å². The van der Waals surface area contributed by atoms with Crippen LogP contribution >= 0.6 is 23.2 Å². The summed E-state index contributed by atoms with van der Waals surface area (Å²) in [6.45, 7) is 3.13. The van der Waals surface area contributed by atoms with Crippen LogP contribution in [0, 0.1) is 0 Å². The molecule has 0 unspecified atom stereocenters. The van der Waals surface area contributed by atoms with E-state index in [0.717, 1.165) is 0 Å². The number of nitrogens with zero attached hydrogens (tertiary/aromatic N) is 2. The molecule has 0 aromatic heterocycles. The zero-order chi connectivity index (χ0) is 15.5. The highest BCUT2D eigenvalue weighted by Crippen LogP contribution is 2.32. The molecule has 0 saturated carbocycles. The highest BCUT2D eigenvalue weighted by molar-refractivity contribution is 7.86. The molecule has 1 fully saturated rings. The number of ether oxygens (including phenoxy) is 1. The largest absolute Gasteiger partial charge is 0.489 e. The number of benzene rings is 1. The normalized spacial score (nSPS) is 17.9. The van der Waals surface area contributed by atoms with E-state index < -0.39 is 10.2 Å². The first kappa shape index (κ1) is 16.8. The molecule has 0 bridgehead atoms. The van der Waals surface area contributed by atoms with Crippen LogP contribution in [0.2, 0.25) is 10.0 Å². The Morgan fingerprint density at radius 3 is 2.24 bits per heavy atom. The quantitative estimate of drug-likeness (QED) is 0.862. The van der Waals surface area contributed by atoms with Crippen LogP contribution < -0.4 is 9.88 Å². The molecule has 0 spiro atoms. The van der Waals surface area contributed by atoms with Crippen molar-refractivity contribution >= 4 is 33.4 Å². The van der Waals surface area contributed by atoms with Crippen LogP contribution in [-0.4, -0.2) is 57.0 Å². The van der Waals surface area contributed by atoms with Crippen molar-refractivity contribution in [1.29, 1.82) is 0 Å². The molecule has 1 aliphatic heterocycles. The molecule has 2 N–H and O–H groups in total. The fourth-order valence-electron chi connectivity index (χ4n) is 2.10. The van der Waals surface area contributed by atoms with Crippen molar-refractivity contribution in [2.45, 2.75) is 0 Å². The van der Waals surface area contributed by atoms with Gasteiger partial charge in [0.2, 0.25) is 0 Å². The summed E-state index contributed by atoms with van der Waals surface area (Å²) in [4.78, 5) is 2.10. The van der Waals surface area contributed by atoms with Crippen molar-refractivity contribution in [3.05, 3.63) is 28.2 Å². The lowest BCUT2D eigenvalue weighted by Crippen LogP contribution is -2.51. The summed E-state index contributed by atoms with van der Waals surface area (Å²) in [5.74, 6) is 0.476. The number of hydrogen-bond donors (Lipinski definition) is 1. The van der Waals surface area contributed by atoms with E-state index in [0.29, 0.717) is 55.1 Å². The number of rotatable bonds is 5. The van der Waals surface area contributed by atoms with Crippen LogP contribution in [0.3, 0.4) is 0 Å². The Morgan fingerprint density at radius 2 is 1.71 bits per heavy atom. The highest BCUT2D eigenvalue weighted by atomic mass is 35.5. The molecule has 21 heavy (non-hydrogen) atoms. The number of nitrogens with two attached hydrogens (primary N) is 1. The molecule has 118 valence electrons. The van der Waals surface area contributed by atoms with Gasteiger partial charge in [-0.05, 0) is 12.1 Å². The highest BCUT2D eigenvalue weighted by Gasteiger charge is 2.23. The van der Waals surface area contributed by atoms with E-state index in [9.17, 15) is 8.42 Å². The predicted octanol–water partition coefficient (Wildman–Crippen LogP) is 1.19. The van der Waals surface area contributed by atoms with Gasteiger partial charge in [-0.15, -0.1) is 0 Å². The molecule has 1 aromatic carbocycles. The molecule has 1 aromatic rings. The second kappa shape index (κ2) is 7.13. The minimum Gasteiger partial charge on any atom is -0.489 e. The molecule has 0 radical (unpaired) electrons.